The smallest absolute Gasteiger partial charge is 0.317 e. The highest BCUT2D eigenvalue weighted by Crippen LogP contribution is 2.44. The van der Waals surface area contributed by atoms with Crippen molar-refractivity contribution >= 4 is 17.9 Å². The highest BCUT2D eigenvalue weighted by atomic mass is 16.2. The Balaban J connectivity index is 1.61. The number of nitrogens with one attached hydrogen (secondary N) is 1. The minimum Gasteiger partial charge on any atom is -0.348 e. The average molecular weight is 387 g/mol. The lowest BCUT2D eigenvalue weighted by atomic mass is 9.74. The predicted molar refractivity (Wildman–Crippen MR) is 106 cm³/mol. The van der Waals surface area contributed by atoms with Crippen LogP contribution >= 0.6 is 0 Å². The molecule has 3 heterocycles. The van der Waals surface area contributed by atoms with E-state index < -0.39 is 5.41 Å². The van der Waals surface area contributed by atoms with Crippen LogP contribution < -0.4 is 10.2 Å². The highest BCUT2D eigenvalue weighted by molar-refractivity contribution is 5.87. The molecular formula is C20H30N6O2. The lowest BCUT2D eigenvalue weighted by Gasteiger charge is -2.45. The van der Waals surface area contributed by atoms with Crippen molar-refractivity contribution < 1.29 is 9.59 Å². The predicted octanol–water partition coefficient (Wildman–Crippen LogP) is 1.49. The van der Waals surface area contributed by atoms with Crippen LogP contribution in [0.4, 0.5) is 10.7 Å². The summed E-state index contributed by atoms with van der Waals surface area (Å²) in [5, 5.41) is 3.18. The lowest BCUT2D eigenvalue weighted by Crippen LogP contribution is -2.58. The zero-order valence-electron chi connectivity index (χ0n) is 16.8. The Morgan fingerprint density at radius 3 is 2.57 bits per heavy atom. The van der Waals surface area contributed by atoms with Crippen LogP contribution in [-0.4, -0.2) is 77.5 Å². The van der Waals surface area contributed by atoms with Crippen molar-refractivity contribution in [2.75, 3.05) is 38.6 Å². The summed E-state index contributed by atoms with van der Waals surface area (Å²) >= 11 is 0. The van der Waals surface area contributed by atoms with Crippen LogP contribution in [0.3, 0.4) is 0 Å². The SMILES string of the molecule is CN(C)C(=O)[C@]12CCCN(c3ncccn3)[C@H]1CN(C(=O)NC1CCCC1)C2. The second-order valence-corrected chi connectivity index (χ2v) is 8.53. The van der Waals surface area contributed by atoms with Crippen molar-refractivity contribution in [3.8, 4) is 0 Å². The Labute approximate surface area is 166 Å². The van der Waals surface area contributed by atoms with Crippen LogP contribution in [0.5, 0.6) is 0 Å². The van der Waals surface area contributed by atoms with Gasteiger partial charge in [-0.05, 0) is 31.7 Å². The maximum Gasteiger partial charge on any atom is 0.317 e. The number of rotatable bonds is 3. The fourth-order valence-corrected chi connectivity index (χ4v) is 5.19. The third-order valence-electron chi connectivity index (χ3n) is 6.51. The molecule has 8 nitrogen and oxygen atoms in total. The molecule has 152 valence electrons. The molecule has 2 saturated heterocycles. The van der Waals surface area contributed by atoms with Crippen LogP contribution in [-0.2, 0) is 4.79 Å². The lowest BCUT2D eigenvalue weighted by molar-refractivity contribution is -0.140. The van der Waals surface area contributed by atoms with E-state index in [2.05, 4.69) is 20.2 Å². The molecule has 3 amide bonds. The Morgan fingerprint density at radius 2 is 1.89 bits per heavy atom. The molecule has 1 aromatic heterocycles. The summed E-state index contributed by atoms with van der Waals surface area (Å²) in [6.45, 7) is 1.78. The van der Waals surface area contributed by atoms with Gasteiger partial charge >= 0.3 is 6.03 Å². The molecule has 0 aromatic carbocycles. The number of hydrogen-bond acceptors (Lipinski definition) is 5. The quantitative estimate of drug-likeness (QED) is 0.851. The molecule has 1 aliphatic carbocycles. The summed E-state index contributed by atoms with van der Waals surface area (Å²) in [6, 6.07) is 1.92. The summed E-state index contributed by atoms with van der Waals surface area (Å²) < 4.78 is 0. The standard InChI is InChI=1S/C20H30N6O2/c1-24(2)17(27)20-9-5-12-26(18-21-10-6-11-22-18)16(20)13-25(14-20)19(28)23-15-7-3-4-8-15/h6,10-11,15-16H,3-5,7-9,12-14H2,1-2H3,(H,23,28)/t16-,20-/m0/s1. The number of hydrogen-bond donors (Lipinski definition) is 1. The summed E-state index contributed by atoms with van der Waals surface area (Å²) in [6.07, 6.45) is 9.57. The van der Waals surface area contributed by atoms with E-state index in [-0.39, 0.29) is 24.0 Å². The Morgan fingerprint density at radius 1 is 1.18 bits per heavy atom. The molecule has 3 aliphatic rings. The number of urea groups is 1. The van der Waals surface area contributed by atoms with Gasteiger partial charge in [0.25, 0.3) is 0 Å². The second-order valence-electron chi connectivity index (χ2n) is 8.53. The van der Waals surface area contributed by atoms with E-state index >= 15 is 0 Å². The Bertz CT molecular complexity index is 721. The van der Waals surface area contributed by atoms with Gasteiger partial charge in [-0.2, -0.15) is 0 Å². The van der Waals surface area contributed by atoms with Gasteiger partial charge in [-0.15, -0.1) is 0 Å². The van der Waals surface area contributed by atoms with Crippen molar-refractivity contribution in [1.29, 1.82) is 0 Å². The molecule has 2 atom stereocenters. The minimum atomic E-state index is -0.603. The van der Waals surface area contributed by atoms with Gasteiger partial charge in [0, 0.05) is 52.2 Å². The highest BCUT2D eigenvalue weighted by Gasteiger charge is 2.58. The third-order valence-corrected chi connectivity index (χ3v) is 6.51. The Kier molecular flexibility index (Phi) is 5.12. The number of anilines is 1. The normalized spacial score (nSPS) is 27.6. The number of piperidine rings is 1. The second kappa shape index (κ2) is 7.56. The van der Waals surface area contributed by atoms with Gasteiger partial charge in [-0.25, -0.2) is 14.8 Å². The average Bonchev–Trinajstić information content (AvgIpc) is 3.35. The van der Waals surface area contributed by atoms with Gasteiger partial charge in [0.1, 0.15) is 0 Å². The van der Waals surface area contributed by atoms with Crippen molar-refractivity contribution in [3.63, 3.8) is 0 Å². The van der Waals surface area contributed by atoms with E-state index in [1.807, 2.05) is 4.90 Å². The molecule has 0 bridgehead atoms. The first-order valence-corrected chi connectivity index (χ1v) is 10.3. The summed E-state index contributed by atoms with van der Waals surface area (Å²) in [4.78, 5) is 40.7. The molecule has 1 aromatic rings. The van der Waals surface area contributed by atoms with E-state index in [1.54, 1.807) is 37.5 Å². The molecule has 8 heteroatoms. The van der Waals surface area contributed by atoms with Crippen molar-refractivity contribution in [2.45, 2.75) is 50.6 Å². The monoisotopic (exact) mass is 386 g/mol. The molecule has 0 unspecified atom stereocenters. The maximum absolute atomic E-state index is 13.3. The first kappa shape index (κ1) is 19.0. The molecule has 0 spiro atoms. The zero-order valence-corrected chi connectivity index (χ0v) is 16.8. The largest absolute Gasteiger partial charge is 0.348 e. The number of carbonyl (C=O) groups is 2. The van der Waals surface area contributed by atoms with E-state index in [0.29, 0.717) is 19.0 Å². The molecule has 3 fully saturated rings. The van der Waals surface area contributed by atoms with E-state index in [0.717, 1.165) is 32.2 Å². The van der Waals surface area contributed by atoms with Gasteiger partial charge in [0.05, 0.1) is 11.5 Å². The van der Waals surface area contributed by atoms with Crippen LogP contribution in [0, 0.1) is 5.41 Å². The van der Waals surface area contributed by atoms with Gasteiger partial charge in [0.15, 0.2) is 0 Å². The first-order chi connectivity index (χ1) is 13.5. The van der Waals surface area contributed by atoms with Crippen LogP contribution in [0.2, 0.25) is 0 Å². The third kappa shape index (κ3) is 3.29. The summed E-state index contributed by atoms with van der Waals surface area (Å²) in [7, 11) is 3.60. The zero-order chi connectivity index (χ0) is 19.7. The Hall–Kier alpha value is -2.38. The molecule has 28 heavy (non-hydrogen) atoms. The van der Waals surface area contributed by atoms with Crippen LogP contribution in [0.25, 0.3) is 0 Å². The number of aromatic nitrogens is 2. The number of amides is 3. The number of likely N-dealkylation sites (tertiary alicyclic amines) is 1. The van der Waals surface area contributed by atoms with Gasteiger partial charge in [0.2, 0.25) is 11.9 Å². The molecule has 2 aliphatic heterocycles. The number of fused-ring (bicyclic) bond motifs is 1. The van der Waals surface area contributed by atoms with Crippen LogP contribution in [0.15, 0.2) is 18.5 Å². The topological polar surface area (TPSA) is 81.7 Å². The fraction of sp³-hybridized carbons (Fsp3) is 0.700. The fourth-order valence-electron chi connectivity index (χ4n) is 5.19. The molecule has 1 saturated carbocycles. The van der Waals surface area contributed by atoms with Crippen molar-refractivity contribution in [2.24, 2.45) is 5.41 Å². The van der Waals surface area contributed by atoms with Gasteiger partial charge < -0.3 is 20.0 Å². The first-order valence-electron chi connectivity index (χ1n) is 10.3. The van der Waals surface area contributed by atoms with E-state index in [9.17, 15) is 9.59 Å². The van der Waals surface area contributed by atoms with E-state index in [4.69, 9.17) is 0 Å². The number of carbonyl (C=O) groups excluding carboxylic acids is 2. The molecular weight excluding hydrogens is 356 g/mol. The summed E-state index contributed by atoms with van der Waals surface area (Å²) in [5.41, 5.74) is -0.603. The molecule has 0 radical (unpaired) electrons. The molecule has 4 rings (SSSR count). The van der Waals surface area contributed by atoms with Gasteiger partial charge in [-0.3, -0.25) is 4.79 Å². The van der Waals surface area contributed by atoms with Gasteiger partial charge in [-0.1, -0.05) is 12.8 Å². The van der Waals surface area contributed by atoms with Crippen LogP contribution in [0.1, 0.15) is 38.5 Å². The summed E-state index contributed by atoms with van der Waals surface area (Å²) in [5.74, 6) is 0.732. The van der Waals surface area contributed by atoms with Crippen molar-refractivity contribution in [1.82, 2.24) is 25.1 Å². The number of nitrogens with zero attached hydrogens (tertiary/aromatic N) is 5. The van der Waals surface area contributed by atoms with Crippen molar-refractivity contribution in [3.05, 3.63) is 18.5 Å². The van der Waals surface area contributed by atoms with E-state index in [1.165, 1.54) is 12.8 Å². The molecule has 1 N–H and O–H groups in total. The minimum absolute atomic E-state index is 0.0406. The maximum atomic E-state index is 13.3.